The second-order valence-electron chi connectivity index (χ2n) is 2.90. The summed E-state index contributed by atoms with van der Waals surface area (Å²) in [5, 5.41) is 0. The van der Waals surface area contributed by atoms with Crippen molar-refractivity contribution in [2.45, 2.75) is 0 Å². The Labute approximate surface area is 76.0 Å². The lowest BCUT2D eigenvalue weighted by Crippen LogP contribution is -2.23. The number of carbonyl (C=O) groups excluding carboxylic acids is 1. The second-order valence-corrected chi connectivity index (χ2v) is 2.90. The summed E-state index contributed by atoms with van der Waals surface area (Å²) in [5.41, 5.74) is 5.58. The van der Waals surface area contributed by atoms with E-state index >= 15 is 0 Å². The molecule has 1 aromatic rings. The van der Waals surface area contributed by atoms with Crippen molar-refractivity contribution >= 4 is 11.6 Å². The van der Waals surface area contributed by atoms with Crippen molar-refractivity contribution in [3.63, 3.8) is 0 Å². The van der Waals surface area contributed by atoms with Crippen LogP contribution >= 0.6 is 0 Å². The maximum absolute atomic E-state index is 13.1. The number of anilines is 1. The molecular formula is C9H11FN2O. The first-order chi connectivity index (χ1) is 6.04. The lowest BCUT2D eigenvalue weighted by Gasteiger charge is -2.12. The predicted octanol–water partition coefficient (Wildman–Crippen LogP) is 1.11. The van der Waals surface area contributed by atoms with Gasteiger partial charge in [0.2, 0.25) is 0 Å². The third-order valence-electron chi connectivity index (χ3n) is 1.67. The first-order valence-electron chi connectivity index (χ1n) is 3.79. The number of hydrogen-bond donors (Lipinski definition) is 1. The van der Waals surface area contributed by atoms with Gasteiger partial charge >= 0.3 is 0 Å². The van der Waals surface area contributed by atoms with Gasteiger partial charge in [0.1, 0.15) is 5.82 Å². The molecule has 3 nitrogen and oxygen atoms in total. The maximum atomic E-state index is 13.1. The highest BCUT2D eigenvalue weighted by Gasteiger charge is 2.16. The summed E-state index contributed by atoms with van der Waals surface area (Å²) < 4.78 is 13.1. The zero-order chi connectivity index (χ0) is 10.0. The average Bonchev–Trinajstić information content (AvgIpc) is 2.03. The van der Waals surface area contributed by atoms with E-state index in [2.05, 4.69) is 0 Å². The van der Waals surface area contributed by atoms with Crippen LogP contribution < -0.4 is 5.73 Å². The smallest absolute Gasteiger partial charge is 0.258 e. The van der Waals surface area contributed by atoms with Crippen molar-refractivity contribution in [2.24, 2.45) is 0 Å². The van der Waals surface area contributed by atoms with E-state index in [9.17, 15) is 9.18 Å². The van der Waals surface area contributed by atoms with Crippen LogP contribution in [0.5, 0.6) is 0 Å². The molecule has 0 unspecified atom stereocenters. The van der Waals surface area contributed by atoms with Crippen LogP contribution in [0, 0.1) is 5.82 Å². The largest absolute Gasteiger partial charge is 0.398 e. The molecule has 0 radical (unpaired) electrons. The summed E-state index contributed by atoms with van der Waals surface area (Å²) in [6.07, 6.45) is 0. The highest BCUT2D eigenvalue weighted by molar-refractivity contribution is 5.99. The molecule has 0 atom stereocenters. The fraction of sp³-hybridized carbons (Fsp3) is 0.222. The van der Waals surface area contributed by atoms with Gasteiger partial charge in [-0.1, -0.05) is 6.07 Å². The molecule has 0 saturated heterocycles. The number of halogens is 1. The lowest BCUT2D eigenvalue weighted by molar-refractivity contribution is 0.0824. The maximum Gasteiger partial charge on any atom is 0.258 e. The Morgan fingerprint density at radius 3 is 2.54 bits per heavy atom. The molecule has 1 amide bonds. The van der Waals surface area contributed by atoms with E-state index in [0.29, 0.717) is 0 Å². The third-order valence-corrected chi connectivity index (χ3v) is 1.67. The molecule has 0 spiro atoms. The SMILES string of the molecule is CN(C)C(=O)c1c(N)cccc1F. The topological polar surface area (TPSA) is 46.3 Å². The quantitative estimate of drug-likeness (QED) is 0.661. The zero-order valence-corrected chi connectivity index (χ0v) is 7.54. The van der Waals surface area contributed by atoms with Gasteiger partial charge in [0.15, 0.2) is 0 Å². The molecule has 4 heteroatoms. The number of hydrogen-bond acceptors (Lipinski definition) is 2. The molecule has 0 saturated carbocycles. The summed E-state index contributed by atoms with van der Waals surface area (Å²) in [4.78, 5) is 12.7. The van der Waals surface area contributed by atoms with Gasteiger partial charge in [-0.15, -0.1) is 0 Å². The molecule has 0 aliphatic rings. The molecule has 0 aromatic heterocycles. The lowest BCUT2D eigenvalue weighted by atomic mass is 10.1. The highest BCUT2D eigenvalue weighted by atomic mass is 19.1. The van der Waals surface area contributed by atoms with Crippen LogP contribution in [0.3, 0.4) is 0 Å². The number of nitrogens with zero attached hydrogens (tertiary/aromatic N) is 1. The van der Waals surface area contributed by atoms with E-state index in [1.54, 1.807) is 14.1 Å². The van der Waals surface area contributed by atoms with Gasteiger partial charge < -0.3 is 10.6 Å². The van der Waals surface area contributed by atoms with Gasteiger partial charge in [0, 0.05) is 19.8 Å². The van der Waals surface area contributed by atoms with Crippen molar-refractivity contribution in [3.8, 4) is 0 Å². The third kappa shape index (κ3) is 1.77. The molecule has 0 bridgehead atoms. The number of benzene rings is 1. The highest BCUT2D eigenvalue weighted by Crippen LogP contribution is 2.16. The van der Waals surface area contributed by atoms with Crippen molar-refractivity contribution in [3.05, 3.63) is 29.6 Å². The molecule has 70 valence electrons. The van der Waals surface area contributed by atoms with Crippen molar-refractivity contribution in [1.29, 1.82) is 0 Å². The minimum absolute atomic E-state index is 0.0625. The van der Waals surface area contributed by atoms with Crippen LogP contribution in [0.15, 0.2) is 18.2 Å². The molecule has 13 heavy (non-hydrogen) atoms. The number of nitrogens with two attached hydrogens (primary N) is 1. The van der Waals surface area contributed by atoms with Gasteiger partial charge in [-0.05, 0) is 12.1 Å². The van der Waals surface area contributed by atoms with E-state index in [1.807, 2.05) is 0 Å². The van der Waals surface area contributed by atoms with Crippen LogP contribution in [0.25, 0.3) is 0 Å². The van der Waals surface area contributed by atoms with E-state index in [4.69, 9.17) is 5.73 Å². The standard InChI is InChI=1S/C9H11FN2O/c1-12(2)9(13)8-6(10)4-3-5-7(8)11/h3-5H,11H2,1-2H3. The van der Waals surface area contributed by atoms with Crippen LogP contribution in [0.2, 0.25) is 0 Å². The zero-order valence-electron chi connectivity index (χ0n) is 7.54. The monoisotopic (exact) mass is 182 g/mol. The predicted molar refractivity (Wildman–Crippen MR) is 48.8 cm³/mol. The summed E-state index contributed by atoms with van der Waals surface area (Å²) in [7, 11) is 3.10. The summed E-state index contributed by atoms with van der Waals surface area (Å²) in [5.74, 6) is -1.01. The normalized spacial score (nSPS) is 9.77. The molecule has 1 rings (SSSR count). The van der Waals surface area contributed by atoms with E-state index in [1.165, 1.54) is 23.1 Å². The van der Waals surface area contributed by atoms with Gasteiger partial charge in [-0.3, -0.25) is 4.79 Å². The van der Waals surface area contributed by atoms with Gasteiger partial charge in [-0.25, -0.2) is 4.39 Å². The van der Waals surface area contributed by atoms with Crippen molar-refractivity contribution in [2.75, 3.05) is 19.8 Å². The number of nitrogen functional groups attached to an aromatic ring is 1. The summed E-state index contributed by atoms with van der Waals surface area (Å²) in [6.45, 7) is 0. The second kappa shape index (κ2) is 3.43. The Morgan fingerprint density at radius 2 is 2.08 bits per heavy atom. The molecule has 0 aliphatic carbocycles. The number of rotatable bonds is 1. The molecule has 0 aliphatic heterocycles. The summed E-state index contributed by atoms with van der Waals surface area (Å²) >= 11 is 0. The van der Waals surface area contributed by atoms with Crippen LogP contribution in [-0.4, -0.2) is 24.9 Å². The Morgan fingerprint density at radius 1 is 1.46 bits per heavy atom. The minimum Gasteiger partial charge on any atom is -0.398 e. The number of carbonyl (C=O) groups is 1. The van der Waals surface area contributed by atoms with Crippen LogP contribution in [0.1, 0.15) is 10.4 Å². The first kappa shape index (κ1) is 9.51. The van der Waals surface area contributed by atoms with Crippen molar-refractivity contribution < 1.29 is 9.18 Å². The van der Waals surface area contributed by atoms with Crippen molar-refractivity contribution in [1.82, 2.24) is 4.90 Å². The first-order valence-corrected chi connectivity index (χ1v) is 3.79. The Bertz CT molecular complexity index is 316. The Hall–Kier alpha value is -1.58. The van der Waals surface area contributed by atoms with E-state index < -0.39 is 11.7 Å². The minimum atomic E-state index is -0.585. The average molecular weight is 182 g/mol. The molecular weight excluding hydrogens is 171 g/mol. The molecule has 2 N–H and O–H groups in total. The fourth-order valence-electron chi connectivity index (χ4n) is 0.990. The summed E-state index contributed by atoms with van der Waals surface area (Å²) in [6, 6.07) is 4.18. The van der Waals surface area contributed by atoms with E-state index in [0.717, 1.165) is 0 Å². The van der Waals surface area contributed by atoms with Gasteiger partial charge in [-0.2, -0.15) is 0 Å². The van der Waals surface area contributed by atoms with E-state index in [-0.39, 0.29) is 11.3 Å². The molecule has 0 heterocycles. The fourth-order valence-corrected chi connectivity index (χ4v) is 0.990. The van der Waals surface area contributed by atoms with Gasteiger partial charge in [0.05, 0.1) is 5.56 Å². The Balaban J connectivity index is 3.20. The molecule has 0 fully saturated rings. The van der Waals surface area contributed by atoms with Crippen LogP contribution in [-0.2, 0) is 0 Å². The molecule has 1 aromatic carbocycles. The number of amides is 1. The Kier molecular flexibility index (Phi) is 2.51. The van der Waals surface area contributed by atoms with Crippen LogP contribution in [0.4, 0.5) is 10.1 Å². The van der Waals surface area contributed by atoms with Gasteiger partial charge in [0.25, 0.3) is 5.91 Å².